The van der Waals surface area contributed by atoms with Crippen LogP contribution in [0.3, 0.4) is 0 Å². The van der Waals surface area contributed by atoms with Crippen LogP contribution in [-0.2, 0) is 14.8 Å². The summed E-state index contributed by atoms with van der Waals surface area (Å²) in [4.78, 5) is 12.2. The maximum absolute atomic E-state index is 12.2. The van der Waals surface area contributed by atoms with Crippen molar-refractivity contribution in [2.24, 2.45) is 11.8 Å². The van der Waals surface area contributed by atoms with E-state index in [4.69, 9.17) is 0 Å². The first-order valence-corrected chi connectivity index (χ1v) is 10.4. The Kier molecular flexibility index (Phi) is 6.68. The SMILES string of the molecule is CCCCC1CCC(C(=O)NCCN2CCCS2(=O)=O)CC1. The fourth-order valence-electron chi connectivity index (χ4n) is 3.60. The molecule has 22 heavy (non-hydrogen) atoms. The first-order chi connectivity index (χ1) is 10.5. The number of hydrogen-bond acceptors (Lipinski definition) is 3. The second kappa shape index (κ2) is 8.29. The van der Waals surface area contributed by atoms with Crippen molar-refractivity contribution in [2.75, 3.05) is 25.4 Å². The third-order valence-corrected chi connectivity index (χ3v) is 7.00. The zero-order valence-electron chi connectivity index (χ0n) is 13.7. The van der Waals surface area contributed by atoms with Crippen LogP contribution in [0.1, 0.15) is 58.3 Å². The third kappa shape index (κ3) is 4.95. The van der Waals surface area contributed by atoms with Crippen LogP contribution in [0.5, 0.6) is 0 Å². The Balaban J connectivity index is 1.64. The summed E-state index contributed by atoms with van der Waals surface area (Å²) in [7, 11) is -3.04. The van der Waals surface area contributed by atoms with Gasteiger partial charge in [0.15, 0.2) is 0 Å². The topological polar surface area (TPSA) is 66.5 Å². The minimum Gasteiger partial charge on any atom is -0.355 e. The molecule has 2 rings (SSSR count). The van der Waals surface area contributed by atoms with Gasteiger partial charge in [0.25, 0.3) is 0 Å². The van der Waals surface area contributed by atoms with E-state index in [-0.39, 0.29) is 17.6 Å². The molecule has 1 N–H and O–H groups in total. The molecule has 1 aliphatic heterocycles. The molecule has 0 aromatic rings. The van der Waals surface area contributed by atoms with Gasteiger partial charge in [0.1, 0.15) is 0 Å². The second-order valence-electron chi connectivity index (χ2n) is 6.72. The third-order valence-electron chi connectivity index (χ3n) is 5.05. The molecule has 1 heterocycles. The number of amides is 1. The molecule has 128 valence electrons. The van der Waals surface area contributed by atoms with Crippen LogP contribution >= 0.6 is 0 Å². The lowest BCUT2D eigenvalue weighted by molar-refractivity contribution is -0.126. The smallest absolute Gasteiger partial charge is 0.223 e. The Morgan fingerprint density at radius 3 is 2.55 bits per heavy atom. The maximum atomic E-state index is 12.2. The van der Waals surface area contributed by atoms with Gasteiger partial charge in [-0.15, -0.1) is 0 Å². The first kappa shape index (κ1) is 17.7. The Morgan fingerprint density at radius 2 is 1.95 bits per heavy atom. The highest BCUT2D eigenvalue weighted by Gasteiger charge is 2.29. The van der Waals surface area contributed by atoms with Crippen molar-refractivity contribution >= 4 is 15.9 Å². The van der Waals surface area contributed by atoms with E-state index in [2.05, 4.69) is 12.2 Å². The van der Waals surface area contributed by atoms with Gasteiger partial charge in [-0.1, -0.05) is 26.2 Å². The second-order valence-corrected chi connectivity index (χ2v) is 8.81. The molecule has 0 bridgehead atoms. The molecule has 0 aromatic heterocycles. The Labute approximate surface area is 134 Å². The van der Waals surface area contributed by atoms with Crippen molar-refractivity contribution in [3.05, 3.63) is 0 Å². The van der Waals surface area contributed by atoms with E-state index < -0.39 is 10.0 Å². The minimum atomic E-state index is -3.04. The molecule has 5 nitrogen and oxygen atoms in total. The van der Waals surface area contributed by atoms with Gasteiger partial charge < -0.3 is 5.32 Å². The van der Waals surface area contributed by atoms with Gasteiger partial charge in [-0.2, -0.15) is 0 Å². The minimum absolute atomic E-state index is 0.116. The van der Waals surface area contributed by atoms with Crippen molar-refractivity contribution < 1.29 is 13.2 Å². The Hall–Kier alpha value is -0.620. The quantitative estimate of drug-likeness (QED) is 0.777. The molecule has 0 radical (unpaired) electrons. The highest BCUT2D eigenvalue weighted by atomic mass is 32.2. The van der Waals surface area contributed by atoms with E-state index >= 15 is 0 Å². The first-order valence-electron chi connectivity index (χ1n) is 8.78. The van der Waals surface area contributed by atoms with Crippen molar-refractivity contribution in [1.29, 1.82) is 0 Å². The average Bonchev–Trinajstić information content (AvgIpc) is 2.84. The highest BCUT2D eigenvalue weighted by Crippen LogP contribution is 2.31. The number of carbonyl (C=O) groups is 1. The van der Waals surface area contributed by atoms with Crippen LogP contribution in [0.25, 0.3) is 0 Å². The van der Waals surface area contributed by atoms with E-state index in [1.165, 1.54) is 36.4 Å². The number of nitrogens with one attached hydrogen (secondary N) is 1. The number of nitrogens with zero attached hydrogens (tertiary/aromatic N) is 1. The number of carbonyl (C=O) groups excluding carboxylic acids is 1. The zero-order valence-corrected chi connectivity index (χ0v) is 14.5. The van der Waals surface area contributed by atoms with Gasteiger partial charge in [0.2, 0.25) is 15.9 Å². The summed E-state index contributed by atoms with van der Waals surface area (Å²) in [5.41, 5.74) is 0. The Morgan fingerprint density at radius 1 is 1.23 bits per heavy atom. The normalized spacial score (nSPS) is 28.6. The standard InChI is InChI=1S/C16H30N2O3S/c1-2-3-5-14-6-8-15(9-7-14)16(19)17-10-12-18-11-4-13-22(18,20)21/h14-15H,2-13H2,1H3,(H,17,19). The molecule has 1 amide bonds. The number of sulfonamides is 1. The summed E-state index contributed by atoms with van der Waals surface area (Å²) in [6, 6.07) is 0. The molecule has 1 saturated heterocycles. The molecule has 1 saturated carbocycles. The summed E-state index contributed by atoms with van der Waals surface area (Å²) in [6.45, 7) is 3.67. The van der Waals surface area contributed by atoms with Crippen molar-refractivity contribution in [3.8, 4) is 0 Å². The summed E-state index contributed by atoms with van der Waals surface area (Å²) >= 11 is 0. The van der Waals surface area contributed by atoms with Gasteiger partial charge in [-0.25, -0.2) is 12.7 Å². The van der Waals surface area contributed by atoms with Gasteiger partial charge >= 0.3 is 0 Å². The van der Waals surface area contributed by atoms with Crippen LogP contribution in [-0.4, -0.2) is 44.0 Å². The van der Waals surface area contributed by atoms with E-state index in [1.54, 1.807) is 0 Å². The van der Waals surface area contributed by atoms with E-state index in [0.29, 0.717) is 26.1 Å². The zero-order chi connectivity index (χ0) is 16.0. The largest absolute Gasteiger partial charge is 0.355 e. The van der Waals surface area contributed by atoms with Crippen LogP contribution in [0.4, 0.5) is 0 Å². The molecule has 1 aliphatic carbocycles. The fourth-order valence-corrected chi connectivity index (χ4v) is 5.13. The van der Waals surface area contributed by atoms with Crippen molar-refractivity contribution in [3.63, 3.8) is 0 Å². The van der Waals surface area contributed by atoms with Crippen LogP contribution < -0.4 is 5.32 Å². The van der Waals surface area contributed by atoms with Gasteiger partial charge in [0.05, 0.1) is 5.75 Å². The van der Waals surface area contributed by atoms with Crippen molar-refractivity contribution in [2.45, 2.75) is 58.3 Å². The lowest BCUT2D eigenvalue weighted by atomic mass is 9.79. The number of unbranched alkanes of at least 4 members (excludes halogenated alkanes) is 1. The van der Waals surface area contributed by atoms with Gasteiger partial charge in [-0.3, -0.25) is 4.79 Å². The molecule has 2 aliphatic rings. The molecule has 0 atom stereocenters. The summed E-state index contributed by atoms with van der Waals surface area (Å²) in [5, 5.41) is 2.93. The Bertz CT molecular complexity index is 456. The lowest BCUT2D eigenvalue weighted by Crippen LogP contribution is -2.39. The van der Waals surface area contributed by atoms with E-state index in [1.807, 2.05) is 0 Å². The van der Waals surface area contributed by atoms with Crippen LogP contribution in [0, 0.1) is 11.8 Å². The molecule has 0 aromatic carbocycles. The monoisotopic (exact) mass is 330 g/mol. The maximum Gasteiger partial charge on any atom is 0.223 e. The van der Waals surface area contributed by atoms with Gasteiger partial charge in [0, 0.05) is 25.6 Å². The van der Waals surface area contributed by atoms with Crippen molar-refractivity contribution in [1.82, 2.24) is 9.62 Å². The van der Waals surface area contributed by atoms with E-state index in [0.717, 1.165) is 18.8 Å². The number of hydrogen-bond donors (Lipinski definition) is 1. The molecule has 0 unspecified atom stereocenters. The predicted octanol–water partition coefficient (Wildman–Crippen LogP) is 2.13. The highest BCUT2D eigenvalue weighted by molar-refractivity contribution is 7.89. The summed E-state index contributed by atoms with van der Waals surface area (Å²) < 4.78 is 24.8. The summed E-state index contributed by atoms with van der Waals surface area (Å²) in [5.74, 6) is 1.31. The fraction of sp³-hybridized carbons (Fsp3) is 0.938. The molecular weight excluding hydrogens is 300 g/mol. The summed E-state index contributed by atoms with van der Waals surface area (Å²) in [6.07, 6.45) is 8.86. The number of rotatable bonds is 7. The molecule has 0 spiro atoms. The molecular formula is C16H30N2O3S. The van der Waals surface area contributed by atoms with Crippen LogP contribution in [0.15, 0.2) is 0 Å². The van der Waals surface area contributed by atoms with Gasteiger partial charge in [-0.05, 0) is 38.0 Å². The van der Waals surface area contributed by atoms with E-state index in [9.17, 15) is 13.2 Å². The predicted molar refractivity (Wildman–Crippen MR) is 88.0 cm³/mol. The average molecular weight is 330 g/mol. The molecule has 6 heteroatoms. The van der Waals surface area contributed by atoms with Crippen LogP contribution in [0.2, 0.25) is 0 Å². The lowest BCUT2D eigenvalue weighted by Gasteiger charge is -2.28. The molecule has 2 fully saturated rings.